The van der Waals surface area contributed by atoms with E-state index >= 15 is 0 Å². The number of nitrogens with two attached hydrogens (primary N) is 1. The number of aliphatic hydroxyl groups excluding tert-OH is 8. The van der Waals surface area contributed by atoms with Gasteiger partial charge < -0.3 is 66.1 Å². The molecule has 2 rings (SSSR count). The fraction of sp³-hybridized carbons (Fsp3) is 0.652. The van der Waals surface area contributed by atoms with Gasteiger partial charge in [-0.3, -0.25) is 9.59 Å². The number of nitrogens with one attached hydrogen (secondary N) is 1. The maximum Gasteiger partial charge on any atom is 0.220 e. The summed E-state index contributed by atoms with van der Waals surface area (Å²) in [4.78, 5) is 22.9. The first kappa shape index (κ1) is 31.8. The molecular weight excluding hydrogens is 512 g/mol. The third-order valence-electron chi connectivity index (χ3n) is 5.95. The van der Waals surface area contributed by atoms with E-state index in [2.05, 4.69) is 5.32 Å². The van der Waals surface area contributed by atoms with Crippen molar-refractivity contribution in [3.63, 3.8) is 0 Å². The van der Waals surface area contributed by atoms with E-state index in [4.69, 9.17) is 19.9 Å². The zero-order valence-electron chi connectivity index (χ0n) is 20.4. The summed E-state index contributed by atoms with van der Waals surface area (Å²) in [5.41, 5.74) is 6.28. The lowest BCUT2D eigenvalue weighted by Crippen LogP contribution is -2.61. The van der Waals surface area contributed by atoms with Gasteiger partial charge in [0.2, 0.25) is 5.91 Å². The highest BCUT2D eigenvalue weighted by molar-refractivity contribution is 5.83. The predicted octanol–water partition coefficient (Wildman–Crippen LogP) is -4.38. The highest BCUT2D eigenvalue weighted by atomic mass is 16.7. The van der Waals surface area contributed by atoms with Gasteiger partial charge in [0.15, 0.2) is 12.6 Å². The van der Waals surface area contributed by atoms with Crippen LogP contribution in [0.1, 0.15) is 23.2 Å². The normalized spacial score (nSPS) is 26.7. The Morgan fingerprint density at radius 3 is 2.42 bits per heavy atom. The van der Waals surface area contributed by atoms with E-state index in [1.807, 2.05) is 0 Å². The number of carbonyl (C=O) groups is 2. The highest BCUT2D eigenvalue weighted by Gasteiger charge is 2.46. The highest BCUT2D eigenvalue weighted by Crippen LogP contribution is 2.25. The fourth-order valence-corrected chi connectivity index (χ4v) is 3.66. The van der Waals surface area contributed by atoms with Gasteiger partial charge >= 0.3 is 0 Å². The molecule has 1 amide bonds. The van der Waals surface area contributed by atoms with Crippen LogP contribution in [-0.2, 0) is 14.3 Å². The van der Waals surface area contributed by atoms with Crippen molar-refractivity contribution in [3.8, 4) is 5.75 Å². The SMILES string of the molecule is Nc1cc(OCCCC(=O)NCC(O)C(O)[C@H](O[C@@H]2OC(CO)[C@H](O)C(O)C2O)C(O)CO)ccc1C=O. The number of hydrogen-bond acceptors (Lipinski definition) is 14. The van der Waals surface area contributed by atoms with Crippen LogP contribution >= 0.6 is 0 Å². The van der Waals surface area contributed by atoms with Gasteiger partial charge in [-0.05, 0) is 18.6 Å². The number of ether oxygens (including phenoxy) is 3. The molecule has 0 aromatic heterocycles. The van der Waals surface area contributed by atoms with Crippen molar-refractivity contribution in [2.45, 2.75) is 68.0 Å². The summed E-state index contributed by atoms with van der Waals surface area (Å²) in [6.45, 7) is -2.00. The van der Waals surface area contributed by atoms with Crippen LogP contribution in [0, 0.1) is 0 Å². The van der Waals surface area contributed by atoms with E-state index in [1.54, 1.807) is 6.07 Å². The quantitative estimate of drug-likeness (QED) is 0.0564. The molecule has 0 radical (unpaired) electrons. The molecule has 1 aliphatic heterocycles. The largest absolute Gasteiger partial charge is 0.494 e. The van der Waals surface area contributed by atoms with Gasteiger partial charge in [-0.2, -0.15) is 0 Å². The smallest absolute Gasteiger partial charge is 0.220 e. The van der Waals surface area contributed by atoms with Crippen molar-refractivity contribution in [2.24, 2.45) is 0 Å². The summed E-state index contributed by atoms with van der Waals surface area (Å²) in [7, 11) is 0. The number of aldehydes is 1. The Hall–Kier alpha value is -2.44. The number of carbonyl (C=O) groups excluding carboxylic acids is 2. The first-order chi connectivity index (χ1) is 18.0. The molecule has 1 aliphatic rings. The summed E-state index contributed by atoms with van der Waals surface area (Å²) in [6.07, 6.45) is -14.7. The lowest BCUT2D eigenvalue weighted by atomic mass is 9.98. The molecule has 0 aliphatic carbocycles. The summed E-state index contributed by atoms with van der Waals surface area (Å²) < 4.78 is 15.9. The van der Waals surface area contributed by atoms with Crippen molar-refractivity contribution in [2.75, 3.05) is 32.1 Å². The molecule has 1 heterocycles. The molecule has 1 saturated heterocycles. The van der Waals surface area contributed by atoms with Gasteiger partial charge in [-0.1, -0.05) is 0 Å². The number of anilines is 1. The molecule has 0 bridgehead atoms. The number of rotatable bonds is 15. The van der Waals surface area contributed by atoms with Gasteiger partial charge in [-0.15, -0.1) is 0 Å². The first-order valence-electron chi connectivity index (χ1n) is 11.9. The topological polar surface area (TPSA) is 262 Å². The second kappa shape index (κ2) is 15.2. The monoisotopic (exact) mass is 548 g/mol. The third kappa shape index (κ3) is 8.54. The fourth-order valence-electron chi connectivity index (χ4n) is 3.66. The Balaban J connectivity index is 1.84. The van der Waals surface area contributed by atoms with Crippen LogP contribution in [0.4, 0.5) is 5.69 Å². The first-order valence-corrected chi connectivity index (χ1v) is 11.9. The number of benzene rings is 1. The Kier molecular flexibility index (Phi) is 12.7. The summed E-state index contributed by atoms with van der Waals surface area (Å²) >= 11 is 0. The molecule has 38 heavy (non-hydrogen) atoms. The molecule has 216 valence electrons. The molecule has 9 atom stereocenters. The summed E-state index contributed by atoms with van der Waals surface area (Å²) in [5, 5.41) is 81.8. The van der Waals surface area contributed by atoms with E-state index in [1.165, 1.54) is 12.1 Å². The van der Waals surface area contributed by atoms with E-state index in [0.29, 0.717) is 17.6 Å². The maximum atomic E-state index is 12.1. The molecule has 1 fully saturated rings. The molecule has 0 spiro atoms. The molecule has 6 unspecified atom stereocenters. The standard InChI is InChI=1S/C23H36N2O13/c24-13-6-12(4-3-11(13)8-26)36-5-1-2-17(31)25-7-14(29)18(32)22(15(30)9-27)38-23-21(35)20(34)19(33)16(10-28)37-23/h3-4,6,8,14-16,18-23,27-30,32-35H,1-2,5,7,9-10,24H2,(H,25,31)/t14?,15?,16?,18?,19-,20?,21?,22+,23-/m0/s1. The summed E-state index contributed by atoms with van der Waals surface area (Å²) in [6, 6.07) is 4.53. The van der Waals surface area contributed by atoms with E-state index in [0.717, 1.165) is 0 Å². The van der Waals surface area contributed by atoms with Crippen LogP contribution in [0.5, 0.6) is 5.75 Å². The Morgan fingerprint density at radius 1 is 1.11 bits per heavy atom. The Labute approximate surface area is 218 Å². The lowest BCUT2D eigenvalue weighted by molar-refractivity contribution is -0.327. The third-order valence-corrected chi connectivity index (χ3v) is 5.95. The predicted molar refractivity (Wildman–Crippen MR) is 128 cm³/mol. The van der Waals surface area contributed by atoms with Crippen LogP contribution in [0.3, 0.4) is 0 Å². The molecule has 15 nitrogen and oxygen atoms in total. The Morgan fingerprint density at radius 2 is 1.82 bits per heavy atom. The van der Waals surface area contributed by atoms with Gasteiger partial charge in [-0.25, -0.2) is 0 Å². The Bertz CT molecular complexity index is 889. The number of amides is 1. The molecule has 0 saturated carbocycles. The lowest BCUT2D eigenvalue weighted by Gasteiger charge is -2.42. The minimum absolute atomic E-state index is 0.00518. The van der Waals surface area contributed by atoms with Crippen molar-refractivity contribution < 1.29 is 64.7 Å². The molecular formula is C23H36N2O13. The number of aliphatic hydroxyl groups is 8. The number of nitrogen functional groups attached to an aromatic ring is 1. The van der Waals surface area contributed by atoms with Crippen molar-refractivity contribution in [1.82, 2.24) is 5.32 Å². The zero-order valence-corrected chi connectivity index (χ0v) is 20.4. The molecule has 11 N–H and O–H groups in total. The summed E-state index contributed by atoms with van der Waals surface area (Å²) in [5.74, 6) is -0.0790. The molecule has 15 heteroatoms. The van der Waals surface area contributed by atoms with Crippen molar-refractivity contribution >= 4 is 17.9 Å². The molecule has 1 aromatic rings. The zero-order chi connectivity index (χ0) is 28.4. The van der Waals surface area contributed by atoms with Crippen molar-refractivity contribution in [1.29, 1.82) is 0 Å². The average Bonchev–Trinajstić information content (AvgIpc) is 2.91. The van der Waals surface area contributed by atoms with E-state index in [-0.39, 0.29) is 25.1 Å². The van der Waals surface area contributed by atoms with Crippen LogP contribution in [0.15, 0.2) is 18.2 Å². The minimum atomic E-state index is -1.91. The average molecular weight is 549 g/mol. The minimum Gasteiger partial charge on any atom is -0.494 e. The number of hydrogen-bond donors (Lipinski definition) is 10. The van der Waals surface area contributed by atoms with Crippen LogP contribution in [0.25, 0.3) is 0 Å². The van der Waals surface area contributed by atoms with E-state index < -0.39 is 80.8 Å². The van der Waals surface area contributed by atoms with Gasteiger partial charge in [0.25, 0.3) is 0 Å². The second-order valence-corrected chi connectivity index (χ2v) is 8.77. The van der Waals surface area contributed by atoms with Crippen molar-refractivity contribution in [3.05, 3.63) is 23.8 Å². The van der Waals surface area contributed by atoms with Crippen LogP contribution in [-0.4, -0.2) is 135 Å². The second-order valence-electron chi connectivity index (χ2n) is 8.77. The van der Waals surface area contributed by atoms with Crippen LogP contribution < -0.4 is 15.8 Å². The maximum absolute atomic E-state index is 12.1. The molecule has 1 aromatic carbocycles. The van der Waals surface area contributed by atoms with E-state index in [9.17, 15) is 50.4 Å². The van der Waals surface area contributed by atoms with Gasteiger partial charge in [0, 0.05) is 30.3 Å². The van der Waals surface area contributed by atoms with Gasteiger partial charge in [0.1, 0.15) is 48.5 Å². The van der Waals surface area contributed by atoms with Crippen LogP contribution in [0.2, 0.25) is 0 Å². The van der Waals surface area contributed by atoms with Gasteiger partial charge in [0.05, 0.1) is 25.9 Å².